The molecule has 0 radical (unpaired) electrons. The van der Waals surface area contributed by atoms with Crippen LogP contribution in [0, 0.1) is 18.3 Å². The minimum atomic E-state index is -0.998. The predicted molar refractivity (Wildman–Crippen MR) is 106 cm³/mol. The number of methoxy groups -OCH3 is 1. The van der Waals surface area contributed by atoms with E-state index in [0.29, 0.717) is 23.5 Å². The van der Waals surface area contributed by atoms with E-state index < -0.39 is 12.1 Å². The van der Waals surface area contributed by atoms with Crippen molar-refractivity contribution >= 4 is 5.97 Å². The van der Waals surface area contributed by atoms with E-state index in [-0.39, 0.29) is 5.75 Å². The molecule has 29 heavy (non-hydrogen) atoms. The van der Waals surface area contributed by atoms with Gasteiger partial charge in [0.15, 0.2) is 0 Å². The van der Waals surface area contributed by atoms with Crippen LogP contribution in [0.1, 0.15) is 28.4 Å². The molecule has 0 spiro atoms. The lowest BCUT2D eigenvalue weighted by Crippen LogP contribution is -2.21. The highest BCUT2D eigenvalue weighted by Gasteiger charge is 2.26. The number of hydrogen-bond acceptors (Lipinski definition) is 6. The molecule has 0 fully saturated rings. The lowest BCUT2D eigenvalue weighted by Gasteiger charge is -2.20. The predicted octanol–water partition coefficient (Wildman–Crippen LogP) is 4.13. The number of carbonyl (C=O) groups excluding carboxylic acids is 1. The third kappa shape index (κ3) is 4.90. The molecule has 3 aromatic rings. The highest BCUT2D eigenvalue weighted by Crippen LogP contribution is 2.31. The molecule has 0 bridgehead atoms. The van der Waals surface area contributed by atoms with Gasteiger partial charge in [0.2, 0.25) is 6.10 Å². The molecular weight excluding hydrogens is 368 g/mol. The van der Waals surface area contributed by atoms with Crippen molar-refractivity contribution in [2.45, 2.75) is 19.6 Å². The van der Waals surface area contributed by atoms with E-state index in [1.165, 1.54) is 7.11 Å². The largest absolute Gasteiger partial charge is 0.489 e. The molecule has 6 nitrogen and oxygen atoms in total. The lowest BCUT2D eigenvalue weighted by molar-refractivity contribution is -0.149. The summed E-state index contributed by atoms with van der Waals surface area (Å²) in [4.78, 5) is 16.4. The first-order valence-corrected chi connectivity index (χ1v) is 8.98. The second-order valence-electron chi connectivity index (χ2n) is 6.30. The number of nitrogens with zero attached hydrogens (tertiary/aromatic N) is 2. The van der Waals surface area contributed by atoms with Gasteiger partial charge in [-0.1, -0.05) is 30.3 Å². The summed E-state index contributed by atoms with van der Waals surface area (Å²) in [5.74, 6) is 0.205. The smallest absolute Gasteiger partial charge is 0.351 e. The van der Waals surface area contributed by atoms with Crippen molar-refractivity contribution in [1.82, 2.24) is 4.98 Å². The Kier molecular flexibility index (Phi) is 6.43. The van der Waals surface area contributed by atoms with Crippen molar-refractivity contribution in [2.75, 3.05) is 7.11 Å². The van der Waals surface area contributed by atoms with E-state index in [1.54, 1.807) is 36.7 Å². The number of ether oxygens (including phenoxy) is 3. The average molecular weight is 388 g/mol. The second-order valence-corrected chi connectivity index (χ2v) is 6.30. The molecule has 0 N–H and O–H groups in total. The molecule has 0 amide bonds. The SMILES string of the molecule is COC(=O)C(Oc1cc(OCc2cccnc2)ccc1C#N)c1ccccc1C. The van der Waals surface area contributed by atoms with Gasteiger partial charge in [-0.3, -0.25) is 4.98 Å². The van der Waals surface area contributed by atoms with Gasteiger partial charge in [-0.15, -0.1) is 0 Å². The Morgan fingerprint density at radius 2 is 2.00 bits per heavy atom. The molecule has 3 rings (SSSR count). The zero-order chi connectivity index (χ0) is 20.6. The number of nitriles is 1. The maximum Gasteiger partial charge on any atom is 0.351 e. The Bertz CT molecular complexity index is 1030. The van der Waals surface area contributed by atoms with Crippen LogP contribution in [-0.4, -0.2) is 18.1 Å². The number of aryl methyl sites for hydroxylation is 1. The van der Waals surface area contributed by atoms with Crippen LogP contribution in [0.15, 0.2) is 67.0 Å². The molecule has 1 heterocycles. The maximum absolute atomic E-state index is 12.4. The normalized spacial score (nSPS) is 11.2. The van der Waals surface area contributed by atoms with Crippen molar-refractivity contribution in [2.24, 2.45) is 0 Å². The van der Waals surface area contributed by atoms with Crippen molar-refractivity contribution in [3.63, 3.8) is 0 Å². The van der Waals surface area contributed by atoms with Crippen LogP contribution in [-0.2, 0) is 16.1 Å². The molecule has 0 aliphatic rings. The number of aromatic nitrogens is 1. The van der Waals surface area contributed by atoms with Crippen LogP contribution in [0.2, 0.25) is 0 Å². The van der Waals surface area contributed by atoms with Crippen LogP contribution in [0.5, 0.6) is 11.5 Å². The summed E-state index contributed by atoms with van der Waals surface area (Å²) in [6.07, 6.45) is 2.41. The molecule has 146 valence electrons. The van der Waals surface area contributed by atoms with Crippen molar-refractivity contribution in [3.8, 4) is 17.6 Å². The van der Waals surface area contributed by atoms with E-state index in [0.717, 1.165) is 11.1 Å². The molecule has 1 aromatic heterocycles. The Morgan fingerprint density at radius 1 is 1.17 bits per heavy atom. The zero-order valence-electron chi connectivity index (χ0n) is 16.2. The van der Waals surface area contributed by atoms with Crippen LogP contribution in [0.3, 0.4) is 0 Å². The number of benzene rings is 2. The Labute approximate surface area is 169 Å². The van der Waals surface area contributed by atoms with Gasteiger partial charge in [0.05, 0.1) is 12.7 Å². The Morgan fingerprint density at radius 3 is 2.69 bits per heavy atom. The number of carbonyl (C=O) groups is 1. The summed E-state index contributed by atoms with van der Waals surface area (Å²) in [5, 5.41) is 9.46. The molecule has 0 saturated heterocycles. The third-order valence-electron chi connectivity index (χ3n) is 4.33. The molecule has 2 aromatic carbocycles. The summed E-state index contributed by atoms with van der Waals surface area (Å²) < 4.78 is 16.7. The second kappa shape index (κ2) is 9.38. The topological polar surface area (TPSA) is 81.4 Å². The highest BCUT2D eigenvalue weighted by molar-refractivity contribution is 5.77. The van der Waals surface area contributed by atoms with E-state index in [2.05, 4.69) is 11.1 Å². The number of rotatable bonds is 7. The number of hydrogen-bond donors (Lipinski definition) is 0. The van der Waals surface area contributed by atoms with Crippen LogP contribution in [0.4, 0.5) is 0 Å². The van der Waals surface area contributed by atoms with E-state index in [4.69, 9.17) is 14.2 Å². The van der Waals surface area contributed by atoms with E-state index >= 15 is 0 Å². The molecule has 6 heteroatoms. The monoisotopic (exact) mass is 388 g/mol. The van der Waals surface area contributed by atoms with Gasteiger partial charge in [-0.25, -0.2) is 4.79 Å². The fraction of sp³-hybridized carbons (Fsp3) is 0.174. The summed E-state index contributed by atoms with van der Waals surface area (Å²) >= 11 is 0. The molecule has 1 unspecified atom stereocenters. The molecule has 0 saturated carbocycles. The fourth-order valence-corrected chi connectivity index (χ4v) is 2.79. The van der Waals surface area contributed by atoms with Crippen molar-refractivity contribution in [3.05, 3.63) is 89.2 Å². The van der Waals surface area contributed by atoms with Crippen LogP contribution >= 0.6 is 0 Å². The number of pyridine rings is 1. The van der Waals surface area contributed by atoms with Gasteiger partial charge in [0.1, 0.15) is 24.2 Å². The minimum absolute atomic E-state index is 0.245. The van der Waals surface area contributed by atoms with Crippen LogP contribution < -0.4 is 9.47 Å². The number of esters is 1. The third-order valence-corrected chi connectivity index (χ3v) is 4.33. The quantitative estimate of drug-likeness (QED) is 0.566. The Balaban J connectivity index is 1.88. The molecular formula is C23H20N2O4. The van der Waals surface area contributed by atoms with Crippen molar-refractivity contribution < 1.29 is 19.0 Å². The fourth-order valence-electron chi connectivity index (χ4n) is 2.79. The Hall–Kier alpha value is -3.85. The van der Waals surface area contributed by atoms with Gasteiger partial charge in [-0.2, -0.15) is 5.26 Å². The average Bonchev–Trinajstić information content (AvgIpc) is 2.77. The molecule has 0 aliphatic heterocycles. The van der Waals surface area contributed by atoms with Gasteiger partial charge < -0.3 is 14.2 Å². The van der Waals surface area contributed by atoms with Crippen molar-refractivity contribution in [1.29, 1.82) is 5.26 Å². The van der Waals surface area contributed by atoms with E-state index in [1.807, 2.05) is 37.3 Å². The summed E-state index contributed by atoms with van der Waals surface area (Å²) in [6, 6.07) is 18.1. The first-order valence-electron chi connectivity index (χ1n) is 8.98. The lowest BCUT2D eigenvalue weighted by atomic mass is 10.0. The standard InChI is InChI=1S/C23H20N2O4/c1-16-6-3-4-8-20(16)22(23(26)27-2)29-21-12-19(10-9-18(21)13-24)28-15-17-7-5-11-25-14-17/h3-12,14,22H,15H2,1-2H3. The van der Waals surface area contributed by atoms with Gasteiger partial charge in [-0.05, 0) is 30.7 Å². The summed E-state index contributed by atoms with van der Waals surface area (Å²) in [5.41, 5.74) is 2.75. The van der Waals surface area contributed by atoms with Gasteiger partial charge >= 0.3 is 5.97 Å². The summed E-state index contributed by atoms with van der Waals surface area (Å²) in [6.45, 7) is 2.20. The van der Waals surface area contributed by atoms with E-state index in [9.17, 15) is 10.1 Å². The highest BCUT2D eigenvalue weighted by atomic mass is 16.6. The molecule has 1 atom stereocenters. The first kappa shape index (κ1) is 19.9. The van der Waals surface area contributed by atoms with Gasteiger partial charge in [0.25, 0.3) is 0 Å². The van der Waals surface area contributed by atoms with Gasteiger partial charge in [0, 0.05) is 29.6 Å². The minimum Gasteiger partial charge on any atom is -0.489 e. The zero-order valence-corrected chi connectivity index (χ0v) is 16.2. The maximum atomic E-state index is 12.4. The van der Waals surface area contributed by atoms with Crippen LogP contribution in [0.25, 0.3) is 0 Å². The first-order chi connectivity index (χ1) is 14.1. The molecule has 0 aliphatic carbocycles. The summed E-state index contributed by atoms with van der Waals surface area (Å²) in [7, 11) is 1.30.